The number of amides is 4. The summed E-state index contributed by atoms with van der Waals surface area (Å²) in [6.45, 7) is 5.67. The standard InChI is InChI=1S/C38H49N5O7/c1-38(2,3)50-37(49)41-29(23-26-13-7-4-8-14-26)21-22-40-32(25-28-17-11-6-12-18-28)36(48)42-30(19-20-33(44)45)35(47)43-31(34(39)46)24-27-15-9-5-10-16-27/h4-18,29-32,40H,19-25H2,1-3H3,(H2,39,46)(H,41,49)(H,42,48)(H,43,47)(H,44,45)/t29-,30+,31+,32+/m1/s1. The predicted octanol–water partition coefficient (Wildman–Crippen LogP) is 3.28. The molecule has 0 aliphatic rings. The Hall–Kier alpha value is -5.23. The van der Waals surface area contributed by atoms with Gasteiger partial charge in [-0.2, -0.15) is 0 Å². The van der Waals surface area contributed by atoms with Gasteiger partial charge in [0.15, 0.2) is 0 Å². The van der Waals surface area contributed by atoms with E-state index in [1.165, 1.54) is 0 Å². The highest BCUT2D eigenvalue weighted by Crippen LogP contribution is 2.12. The van der Waals surface area contributed by atoms with Crippen LogP contribution in [0.3, 0.4) is 0 Å². The lowest BCUT2D eigenvalue weighted by Gasteiger charge is -2.26. The number of carboxylic acid groups (broad SMARTS) is 1. The number of hydrogen-bond donors (Lipinski definition) is 6. The molecule has 3 rings (SSSR count). The average molecular weight is 688 g/mol. The van der Waals surface area contributed by atoms with Gasteiger partial charge in [0.1, 0.15) is 17.7 Å². The fraction of sp³-hybridized carbons (Fsp3) is 0.395. The molecule has 0 saturated heterocycles. The zero-order chi connectivity index (χ0) is 36.5. The van der Waals surface area contributed by atoms with Crippen molar-refractivity contribution in [1.29, 1.82) is 0 Å². The van der Waals surface area contributed by atoms with Gasteiger partial charge in [-0.15, -0.1) is 0 Å². The number of benzene rings is 3. The van der Waals surface area contributed by atoms with Crippen LogP contribution >= 0.6 is 0 Å². The third kappa shape index (κ3) is 14.9. The van der Waals surface area contributed by atoms with Crippen LogP contribution in [-0.2, 0) is 43.2 Å². The first-order valence-corrected chi connectivity index (χ1v) is 16.8. The summed E-state index contributed by atoms with van der Waals surface area (Å²) in [6, 6.07) is 24.5. The Balaban J connectivity index is 1.76. The van der Waals surface area contributed by atoms with Gasteiger partial charge in [0.25, 0.3) is 0 Å². The van der Waals surface area contributed by atoms with Crippen LogP contribution in [0.4, 0.5) is 4.79 Å². The zero-order valence-electron chi connectivity index (χ0n) is 28.9. The quantitative estimate of drug-likeness (QED) is 0.111. The Morgan fingerprint density at radius 2 is 1.12 bits per heavy atom. The van der Waals surface area contributed by atoms with Crippen LogP contribution in [0.25, 0.3) is 0 Å². The van der Waals surface area contributed by atoms with Gasteiger partial charge >= 0.3 is 12.1 Å². The molecule has 7 N–H and O–H groups in total. The molecule has 0 heterocycles. The number of carbonyl (C=O) groups is 5. The Labute approximate surface area is 293 Å². The Morgan fingerprint density at radius 1 is 0.660 bits per heavy atom. The molecule has 3 aromatic carbocycles. The summed E-state index contributed by atoms with van der Waals surface area (Å²) < 4.78 is 5.49. The third-order valence-corrected chi connectivity index (χ3v) is 7.75. The van der Waals surface area contributed by atoms with E-state index in [9.17, 15) is 29.1 Å². The summed E-state index contributed by atoms with van der Waals surface area (Å²) in [6.07, 6.45) is 0.203. The zero-order valence-corrected chi connectivity index (χ0v) is 28.9. The van der Waals surface area contributed by atoms with Gasteiger partial charge in [-0.3, -0.25) is 19.2 Å². The molecule has 0 spiro atoms. The van der Waals surface area contributed by atoms with Gasteiger partial charge < -0.3 is 36.8 Å². The number of primary amides is 1. The number of hydrogen-bond acceptors (Lipinski definition) is 7. The summed E-state index contributed by atoms with van der Waals surface area (Å²) in [7, 11) is 0. The maximum absolute atomic E-state index is 13.8. The van der Waals surface area contributed by atoms with Gasteiger partial charge in [-0.1, -0.05) is 91.0 Å². The number of nitrogens with two attached hydrogens (primary N) is 1. The van der Waals surface area contributed by atoms with Gasteiger partial charge in [-0.05, 0) is 69.7 Å². The number of rotatable bonds is 19. The molecule has 12 heteroatoms. The van der Waals surface area contributed by atoms with Gasteiger partial charge in [0, 0.05) is 18.9 Å². The summed E-state index contributed by atoms with van der Waals surface area (Å²) in [4.78, 5) is 63.7. The van der Waals surface area contributed by atoms with Crippen molar-refractivity contribution in [2.75, 3.05) is 6.54 Å². The van der Waals surface area contributed by atoms with Crippen LogP contribution in [0.15, 0.2) is 91.0 Å². The molecular formula is C38H49N5O7. The summed E-state index contributed by atoms with van der Waals surface area (Å²) in [5, 5.41) is 20.9. The molecule has 268 valence electrons. The minimum atomic E-state index is -1.25. The van der Waals surface area contributed by atoms with E-state index < -0.39 is 59.9 Å². The lowest BCUT2D eigenvalue weighted by atomic mass is 10.0. The molecule has 50 heavy (non-hydrogen) atoms. The predicted molar refractivity (Wildman–Crippen MR) is 190 cm³/mol. The number of ether oxygens (including phenoxy) is 1. The maximum atomic E-state index is 13.8. The van der Waals surface area contributed by atoms with E-state index in [1.807, 2.05) is 66.7 Å². The van der Waals surface area contributed by atoms with Crippen LogP contribution in [0.1, 0.15) is 56.7 Å². The summed E-state index contributed by atoms with van der Waals surface area (Å²) in [5.74, 6) is -3.16. The van der Waals surface area contributed by atoms with Crippen molar-refractivity contribution >= 4 is 29.8 Å². The smallest absolute Gasteiger partial charge is 0.407 e. The molecule has 0 aliphatic heterocycles. The molecule has 0 aliphatic carbocycles. The maximum Gasteiger partial charge on any atom is 0.407 e. The van der Waals surface area contributed by atoms with Crippen molar-refractivity contribution < 1.29 is 33.8 Å². The second-order valence-electron chi connectivity index (χ2n) is 13.2. The molecule has 0 fully saturated rings. The van der Waals surface area contributed by atoms with E-state index in [4.69, 9.17) is 10.5 Å². The topological polar surface area (TPSA) is 189 Å². The Kier molecular flexibility index (Phi) is 15.4. The van der Waals surface area contributed by atoms with Crippen molar-refractivity contribution in [3.8, 4) is 0 Å². The van der Waals surface area contributed by atoms with Crippen LogP contribution in [0.5, 0.6) is 0 Å². The van der Waals surface area contributed by atoms with E-state index in [0.717, 1.165) is 16.7 Å². The molecule has 4 atom stereocenters. The molecule has 12 nitrogen and oxygen atoms in total. The molecule has 0 saturated carbocycles. The number of carboxylic acids is 1. The number of nitrogens with one attached hydrogen (secondary N) is 4. The molecule has 0 radical (unpaired) electrons. The first-order valence-electron chi connectivity index (χ1n) is 16.8. The van der Waals surface area contributed by atoms with E-state index >= 15 is 0 Å². The number of alkyl carbamates (subject to hydrolysis) is 1. The fourth-order valence-corrected chi connectivity index (χ4v) is 5.29. The van der Waals surface area contributed by atoms with E-state index in [0.29, 0.717) is 19.4 Å². The Morgan fingerprint density at radius 3 is 1.60 bits per heavy atom. The fourth-order valence-electron chi connectivity index (χ4n) is 5.29. The molecule has 0 unspecified atom stereocenters. The summed E-state index contributed by atoms with van der Waals surface area (Å²) in [5.41, 5.74) is 7.56. The van der Waals surface area contributed by atoms with E-state index in [-0.39, 0.29) is 25.3 Å². The van der Waals surface area contributed by atoms with Crippen molar-refractivity contribution in [3.63, 3.8) is 0 Å². The average Bonchev–Trinajstić information content (AvgIpc) is 3.06. The van der Waals surface area contributed by atoms with Gasteiger partial charge in [0.05, 0.1) is 6.04 Å². The van der Waals surface area contributed by atoms with Crippen LogP contribution in [-0.4, -0.2) is 71.2 Å². The van der Waals surface area contributed by atoms with Crippen molar-refractivity contribution in [1.82, 2.24) is 21.3 Å². The van der Waals surface area contributed by atoms with Gasteiger partial charge in [-0.25, -0.2) is 4.79 Å². The lowest BCUT2D eigenvalue weighted by Crippen LogP contribution is -2.57. The SMILES string of the molecule is CC(C)(C)OC(=O)N[C@H](CCN[C@@H](Cc1ccccc1)C(=O)N[C@@H](CCC(=O)O)C(=O)N[C@@H](Cc1ccccc1)C(N)=O)Cc1ccccc1. The van der Waals surface area contributed by atoms with E-state index in [2.05, 4.69) is 21.3 Å². The van der Waals surface area contributed by atoms with Crippen LogP contribution in [0, 0.1) is 0 Å². The highest BCUT2D eigenvalue weighted by Gasteiger charge is 2.29. The third-order valence-electron chi connectivity index (χ3n) is 7.75. The van der Waals surface area contributed by atoms with Crippen LogP contribution in [0.2, 0.25) is 0 Å². The molecule has 3 aromatic rings. The van der Waals surface area contributed by atoms with Crippen molar-refractivity contribution in [3.05, 3.63) is 108 Å². The number of carbonyl (C=O) groups excluding carboxylic acids is 4. The monoisotopic (exact) mass is 687 g/mol. The highest BCUT2D eigenvalue weighted by atomic mass is 16.6. The second kappa shape index (κ2) is 19.7. The molecule has 0 bridgehead atoms. The van der Waals surface area contributed by atoms with Crippen LogP contribution < -0.4 is 27.0 Å². The Bertz CT molecular complexity index is 1530. The first-order chi connectivity index (χ1) is 23.8. The first kappa shape index (κ1) is 39.2. The molecular weight excluding hydrogens is 638 g/mol. The molecule has 0 aromatic heterocycles. The summed E-state index contributed by atoms with van der Waals surface area (Å²) >= 11 is 0. The second-order valence-corrected chi connectivity index (χ2v) is 13.2. The van der Waals surface area contributed by atoms with Gasteiger partial charge in [0.2, 0.25) is 17.7 Å². The van der Waals surface area contributed by atoms with Crippen molar-refractivity contribution in [2.45, 2.75) is 89.1 Å². The van der Waals surface area contributed by atoms with E-state index in [1.54, 1.807) is 45.0 Å². The normalized spacial score (nSPS) is 13.6. The van der Waals surface area contributed by atoms with Crippen molar-refractivity contribution in [2.24, 2.45) is 5.73 Å². The number of aliphatic carboxylic acids is 1. The minimum Gasteiger partial charge on any atom is -0.481 e. The minimum absolute atomic E-state index is 0.126. The highest BCUT2D eigenvalue weighted by molar-refractivity contribution is 5.93. The lowest BCUT2D eigenvalue weighted by molar-refractivity contribution is -0.138. The largest absolute Gasteiger partial charge is 0.481 e. The molecule has 4 amide bonds.